The number of hydrogen-bond acceptors (Lipinski definition) is 6. The largest absolute Gasteiger partial charge is 0.392 e. The number of aliphatic hydroxyl groups is 1. The maximum absolute atomic E-state index is 8.54. The summed E-state index contributed by atoms with van der Waals surface area (Å²) in [6.07, 6.45) is 1.50. The standard InChI is InChI=1S/C7H8O.2CHNO.H2OP/c8-6-7-4-2-1-3-5-7;2*2-1-3;1-2/h1-5,8H,6H2;2*2H;2H2/q;;;+1. The summed E-state index contributed by atoms with van der Waals surface area (Å²) in [7, 11) is 1.17. The Morgan fingerprint density at radius 3 is 1.56 bits per heavy atom. The van der Waals surface area contributed by atoms with Crippen molar-refractivity contribution in [3.8, 4) is 0 Å². The molecule has 0 spiro atoms. The van der Waals surface area contributed by atoms with E-state index in [1.54, 1.807) is 0 Å². The highest BCUT2D eigenvalue weighted by atomic mass is 31.0. The molecule has 0 aromatic heterocycles. The molecule has 7 heteroatoms. The second kappa shape index (κ2) is 23.1. The third-order valence-electron chi connectivity index (χ3n) is 1.03. The van der Waals surface area contributed by atoms with Gasteiger partial charge in [0.05, 0.1) is 6.61 Å². The molecule has 16 heavy (non-hydrogen) atoms. The zero-order valence-corrected chi connectivity index (χ0v) is 9.50. The van der Waals surface area contributed by atoms with Crippen molar-refractivity contribution in [3.63, 3.8) is 0 Å². The highest BCUT2D eigenvalue weighted by Crippen LogP contribution is 1.95. The van der Waals surface area contributed by atoms with E-state index < -0.39 is 0 Å². The maximum atomic E-state index is 8.54. The van der Waals surface area contributed by atoms with E-state index in [4.69, 9.17) is 30.1 Å². The monoisotopic (exact) mass is 243 g/mol. The second-order valence-electron chi connectivity index (χ2n) is 1.85. The molecule has 86 valence electrons. The molecule has 0 amide bonds. The van der Waals surface area contributed by atoms with E-state index in [1.165, 1.54) is 9.12 Å². The van der Waals surface area contributed by atoms with Crippen LogP contribution >= 0.6 is 9.12 Å². The summed E-state index contributed by atoms with van der Waals surface area (Å²) in [6, 6.07) is 9.52. The highest BCUT2D eigenvalue weighted by Gasteiger charge is 1.81. The molecule has 0 heterocycles. The zero-order chi connectivity index (χ0) is 13.2. The topological polar surface area (TPSA) is 119 Å². The molecule has 1 atom stereocenters. The van der Waals surface area contributed by atoms with Gasteiger partial charge in [-0.05, 0) is 5.56 Å². The van der Waals surface area contributed by atoms with Gasteiger partial charge in [0.1, 0.15) is 0 Å². The van der Waals surface area contributed by atoms with Crippen LogP contribution in [0.1, 0.15) is 5.56 Å². The first-order valence-corrected chi connectivity index (χ1v) is 4.20. The summed E-state index contributed by atoms with van der Waals surface area (Å²) in [5.41, 5.74) is 0.965. The van der Waals surface area contributed by atoms with Crippen LogP contribution in [0.4, 0.5) is 0 Å². The molecule has 6 nitrogen and oxygen atoms in total. The van der Waals surface area contributed by atoms with Gasteiger partial charge in [-0.1, -0.05) is 34.9 Å². The van der Waals surface area contributed by atoms with E-state index in [0.717, 1.165) is 17.7 Å². The lowest BCUT2D eigenvalue weighted by atomic mass is 10.2. The molecular formula is C9H12N2O4P+. The molecule has 0 bridgehead atoms. The molecule has 0 aliphatic carbocycles. The number of aliphatic hydroxyl groups excluding tert-OH is 1. The average Bonchev–Trinajstić information content (AvgIpc) is 2.35. The molecule has 0 aliphatic heterocycles. The van der Waals surface area contributed by atoms with E-state index in [0.29, 0.717) is 0 Å². The van der Waals surface area contributed by atoms with Gasteiger partial charge in [-0.2, -0.15) is 0 Å². The predicted molar refractivity (Wildman–Crippen MR) is 59.6 cm³/mol. The number of benzene rings is 1. The van der Waals surface area contributed by atoms with Gasteiger partial charge in [-0.25, -0.2) is 20.4 Å². The molecule has 0 radical (unpaired) electrons. The van der Waals surface area contributed by atoms with Crippen molar-refractivity contribution >= 4 is 21.3 Å². The Balaban J connectivity index is -0.000000179. The van der Waals surface area contributed by atoms with Gasteiger partial charge in [0, 0.05) is 0 Å². The zero-order valence-electron chi connectivity index (χ0n) is 8.34. The van der Waals surface area contributed by atoms with Crippen LogP contribution in [0, 0.1) is 10.8 Å². The van der Waals surface area contributed by atoms with Crippen molar-refractivity contribution in [1.29, 1.82) is 10.8 Å². The van der Waals surface area contributed by atoms with Gasteiger partial charge in [-0.15, -0.1) is 0 Å². The van der Waals surface area contributed by atoms with Crippen LogP contribution in [-0.2, 0) is 20.8 Å². The Kier molecular flexibility index (Phi) is 28.3. The number of rotatable bonds is 1. The third kappa shape index (κ3) is 22.7. The van der Waals surface area contributed by atoms with Crippen LogP contribution in [-0.4, -0.2) is 17.3 Å². The molecule has 3 N–H and O–H groups in total. The normalized spacial score (nSPS) is 5.81. The Morgan fingerprint density at radius 2 is 1.38 bits per heavy atom. The van der Waals surface area contributed by atoms with Crippen LogP contribution in [0.5, 0.6) is 0 Å². The van der Waals surface area contributed by atoms with Crippen LogP contribution in [0.2, 0.25) is 0 Å². The summed E-state index contributed by atoms with van der Waals surface area (Å²) in [6.45, 7) is 0.140. The van der Waals surface area contributed by atoms with Crippen LogP contribution in [0.15, 0.2) is 30.3 Å². The van der Waals surface area contributed by atoms with Crippen LogP contribution < -0.4 is 0 Å². The number of isocyanates is 2. The van der Waals surface area contributed by atoms with Crippen molar-refractivity contribution in [2.75, 3.05) is 0 Å². The predicted octanol–water partition coefficient (Wildman–Crippen LogP) is 1.19. The fourth-order valence-corrected chi connectivity index (χ4v) is 0.583. The van der Waals surface area contributed by atoms with Crippen LogP contribution in [0.25, 0.3) is 0 Å². The molecule has 1 rings (SSSR count). The van der Waals surface area contributed by atoms with Crippen molar-refractivity contribution < 1.29 is 19.3 Å². The molecular weight excluding hydrogens is 231 g/mol. The minimum Gasteiger partial charge on any atom is -0.392 e. The Hall–Kier alpha value is -1.96. The van der Waals surface area contributed by atoms with Gasteiger partial charge in [0.15, 0.2) is 0 Å². The Morgan fingerprint density at radius 1 is 1.06 bits per heavy atom. The van der Waals surface area contributed by atoms with Gasteiger partial charge in [0.2, 0.25) is 12.2 Å². The fraction of sp³-hybridized carbons (Fsp3) is 0.111. The molecule has 0 saturated heterocycles. The van der Waals surface area contributed by atoms with E-state index in [1.807, 2.05) is 30.3 Å². The van der Waals surface area contributed by atoms with E-state index in [9.17, 15) is 0 Å². The molecule has 0 aliphatic rings. The Bertz CT molecular complexity index is 295. The van der Waals surface area contributed by atoms with Gasteiger partial charge >= 0.3 is 9.12 Å². The second-order valence-corrected chi connectivity index (χ2v) is 1.85. The first-order valence-electron chi connectivity index (χ1n) is 3.72. The average molecular weight is 243 g/mol. The minimum atomic E-state index is 0.140. The molecule has 1 aromatic rings. The van der Waals surface area contributed by atoms with Crippen molar-refractivity contribution in [1.82, 2.24) is 0 Å². The fourth-order valence-electron chi connectivity index (χ4n) is 0.583. The lowest BCUT2D eigenvalue weighted by Crippen LogP contribution is -1.77. The number of carbonyl (C=O) groups excluding carboxylic acids is 2. The van der Waals surface area contributed by atoms with E-state index >= 15 is 0 Å². The summed E-state index contributed by atoms with van der Waals surface area (Å²) in [5, 5.41) is 19.3. The maximum Gasteiger partial charge on any atom is 0.310 e. The van der Waals surface area contributed by atoms with E-state index in [2.05, 4.69) is 0 Å². The summed E-state index contributed by atoms with van der Waals surface area (Å²) in [4.78, 5) is 16.7. The highest BCUT2D eigenvalue weighted by molar-refractivity contribution is 7.00. The summed E-state index contributed by atoms with van der Waals surface area (Å²) < 4.78 is 8.17. The third-order valence-corrected chi connectivity index (χ3v) is 1.03. The summed E-state index contributed by atoms with van der Waals surface area (Å²) in [5.74, 6) is 0. The SMILES string of the molecule is N=C=O.N=C=O.O=[PH2+].OCc1ccccc1. The molecule has 1 aromatic carbocycles. The smallest absolute Gasteiger partial charge is 0.310 e. The lowest BCUT2D eigenvalue weighted by molar-refractivity contribution is 0.282. The molecule has 0 saturated carbocycles. The van der Waals surface area contributed by atoms with Crippen LogP contribution in [0.3, 0.4) is 0 Å². The Labute approximate surface area is 94.6 Å². The van der Waals surface area contributed by atoms with Gasteiger partial charge in [0.25, 0.3) is 0 Å². The van der Waals surface area contributed by atoms with E-state index in [-0.39, 0.29) is 6.61 Å². The first kappa shape index (κ1) is 19.6. The van der Waals surface area contributed by atoms with Crippen molar-refractivity contribution in [3.05, 3.63) is 35.9 Å². The first-order chi connectivity index (χ1) is 7.76. The minimum absolute atomic E-state index is 0.140. The number of hydrogen-bond donors (Lipinski definition) is 3. The number of nitrogens with one attached hydrogen (secondary N) is 2. The molecule has 0 fully saturated rings. The van der Waals surface area contributed by atoms with Gasteiger partial charge in [-0.3, -0.25) is 0 Å². The van der Waals surface area contributed by atoms with Crippen molar-refractivity contribution in [2.24, 2.45) is 0 Å². The van der Waals surface area contributed by atoms with Gasteiger partial charge < -0.3 is 5.11 Å². The lowest BCUT2D eigenvalue weighted by Gasteiger charge is -1.89. The molecule has 1 unspecified atom stereocenters. The van der Waals surface area contributed by atoms with Crippen molar-refractivity contribution in [2.45, 2.75) is 6.61 Å². The summed E-state index contributed by atoms with van der Waals surface area (Å²) >= 11 is 0. The quantitative estimate of drug-likeness (QED) is 0.389.